The van der Waals surface area contributed by atoms with Gasteiger partial charge < -0.3 is 5.32 Å². The third-order valence-electron chi connectivity index (χ3n) is 2.63. The number of carbonyl (C=O) groups excluding carboxylic acids is 1. The van der Waals surface area contributed by atoms with Gasteiger partial charge in [0.1, 0.15) is 6.04 Å². The number of hydrogen-bond donors (Lipinski definition) is 1. The summed E-state index contributed by atoms with van der Waals surface area (Å²) in [7, 11) is 0. The summed E-state index contributed by atoms with van der Waals surface area (Å²) < 4.78 is 0. The van der Waals surface area contributed by atoms with Crippen LogP contribution in [-0.4, -0.2) is 23.7 Å². The minimum Gasteiger partial charge on any atom is -0.346 e. The van der Waals surface area contributed by atoms with Gasteiger partial charge in [-0.2, -0.15) is 0 Å². The molecule has 0 bridgehead atoms. The van der Waals surface area contributed by atoms with Crippen LogP contribution in [0.4, 0.5) is 0 Å². The number of carbonyl (C=O) groups is 1. The topological polar surface area (TPSA) is 41.5 Å². The molecule has 0 radical (unpaired) electrons. The molecule has 0 saturated heterocycles. The number of aliphatic imine (C=N–C) groups is 1. The average Bonchev–Trinajstić information content (AvgIpc) is 2.07. The third kappa shape index (κ3) is 1.24. The van der Waals surface area contributed by atoms with Crippen LogP contribution in [0, 0.1) is 0 Å². The molecule has 1 saturated carbocycles. The number of hydrogen-bond acceptors (Lipinski definition) is 2. The van der Waals surface area contributed by atoms with E-state index in [0.29, 0.717) is 0 Å². The molecule has 66 valence electrons. The van der Waals surface area contributed by atoms with Crippen LogP contribution < -0.4 is 5.32 Å². The summed E-state index contributed by atoms with van der Waals surface area (Å²) in [6.45, 7) is 1.85. The second-order valence-electron chi connectivity index (χ2n) is 3.60. The Morgan fingerprint density at radius 2 is 2.33 bits per heavy atom. The lowest BCUT2D eigenvalue weighted by molar-refractivity contribution is -0.122. The summed E-state index contributed by atoms with van der Waals surface area (Å²) in [5.74, 6) is 0.0886. The zero-order valence-electron chi connectivity index (χ0n) is 7.34. The van der Waals surface area contributed by atoms with Crippen molar-refractivity contribution in [2.24, 2.45) is 4.99 Å². The first kappa shape index (κ1) is 7.77. The van der Waals surface area contributed by atoms with Gasteiger partial charge in [-0.1, -0.05) is 6.42 Å². The molecular weight excluding hydrogens is 152 g/mol. The lowest BCUT2D eigenvalue weighted by Crippen LogP contribution is -2.50. The molecule has 0 aromatic heterocycles. The maximum Gasteiger partial charge on any atom is 0.245 e. The molecule has 1 aliphatic carbocycles. The van der Waals surface area contributed by atoms with Gasteiger partial charge >= 0.3 is 0 Å². The Bertz CT molecular complexity index is 235. The van der Waals surface area contributed by atoms with Gasteiger partial charge in [-0.3, -0.25) is 9.79 Å². The molecule has 0 spiro atoms. The van der Waals surface area contributed by atoms with Gasteiger partial charge in [0.15, 0.2) is 0 Å². The van der Waals surface area contributed by atoms with E-state index in [9.17, 15) is 4.79 Å². The fraction of sp³-hybridized carbons (Fsp3) is 0.778. The summed E-state index contributed by atoms with van der Waals surface area (Å²) in [5, 5.41) is 3.00. The molecular formula is C9H14N2O. The molecule has 2 atom stereocenters. The summed E-state index contributed by atoms with van der Waals surface area (Å²) in [5.41, 5.74) is 1.22. The standard InChI is InChI=1S/C9H14N2O/c1-6-9(12)11-8-5-3-2-4-7(8)10-6/h6,8H,2-5H2,1H3,(H,11,12). The van der Waals surface area contributed by atoms with E-state index >= 15 is 0 Å². The molecule has 1 N–H and O–H groups in total. The quantitative estimate of drug-likeness (QED) is 0.570. The zero-order valence-corrected chi connectivity index (χ0v) is 7.34. The predicted octanol–water partition coefficient (Wildman–Crippen LogP) is 0.888. The number of rotatable bonds is 0. The molecule has 1 fully saturated rings. The van der Waals surface area contributed by atoms with Crippen molar-refractivity contribution in [2.45, 2.75) is 44.7 Å². The van der Waals surface area contributed by atoms with Crippen LogP contribution in [0.25, 0.3) is 0 Å². The maximum absolute atomic E-state index is 11.2. The predicted molar refractivity (Wildman–Crippen MR) is 47.3 cm³/mol. The third-order valence-corrected chi connectivity index (χ3v) is 2.63. The van der Waals surface area contributed by atoms with Crippen molar-refractivity contribution in [1.29, 1.82) is 0 Å². The molecule has 3 heteroatoms. The van der Waals surface area contributed by atoms with Crippen LogP contribution >= 0.6 is 0 Å². The highest BCUT2D eigenvalue weighted by atomic mass is 16.2. The van der Waals surface area contributed by atoms with Crippen LogP contribution in [-0.2, 0) is 4.79 Å². The first-order valence-electron chi connectivity index (χ1n) is 4.64. The van der Waals surface area contributed by atoms with Crippen LogP contribution in [0.15, 0.2) is 4.99 Å². The highest BCUT2D eigenvalue weighted by molar-refractivity contribution is 5.99. The van der Waals surface area contributed by atoms with E-state index in [1.165, 1.54) is 18.6 Å². The van der Waals surface area contributed by atoms with Gasteiger partial charge in [0, 0.05) is 5.71 Å². The average molecular weight is 166 g/mol. The van der Waals surface area contributed by atoms with Crippen LogP contribution in [0.3, 0.4) is 0 Å². The molecule has 2 aliphatic rings. The van der Waals surface area contributed by atoms with Gasteiger partial charge in [0.05, 0.1) is 6.04 Å². The minimum absolute atomic E-state index is 0.0886. The van der Waals surface area contributed by atoms with Crippen molar-refractivity contribution in [1.82, 2.24) is 5.32 Å². The van der Waals surface area contributed by atoms with Crippen molar-refractivity contribution >= 4 is 11.6 Å². The molecule has 0 aromatic carbocycles. The summed E-state index contributed by atoms with van der Waals surface area (Å²) in [4.78, 5) is 15.6. The summed E-state index contributed by atoms with van der Waals surface area (Å²) in [6.07, 6.45) is 4.61. The van der Waals surface area contributed by atoms with Gasteiger partial charge in [0.2, 0.25) is 5.91 Å². The van der Waals surface area contributed by atoms with E-state index in [-0.39, 0.29) is 18.0 Å². The Labute approximate surface area is 72.3 Å². The lowest BCUT2D eigenvalue weighted by Gasteiger charge is -2.30. The summed E-state index contributed by atoms with van der Waals surface area (Å²) in [6, 6.07) is 0.108. The van der Waals surface area contributed by atoms with Gasteiger partial charge in [0.25, 0.3) is 0 Å². The lowest BCUT2D eigenvalue weighted by atomic mass is 9.91. The highest BCUT2D eigenvalue weighted by Gasteiger charge is 2.28. The second-order valence-corrected chi connectivity index (χ2v) is 3.60. The molecule has 0 aromatic rings. The Morgan fingerprint density at radius 1 is 1.50 bits per heavy atom. The van der Waals surface area contributed by atoms with E-state index in [0.717, 1.165) is 12.8 Å². The molecule has 1 amide bonds. The fourth-order valence-electron chi connectivity index (χ4n) is 1.91. The highest BCUT2D eigenvalue weighted by Crippen LogP contribution is 2.19. The first-order chi connectivity index (χ1) is 5.77. The van der Waals surface area contributed by atoms with E-state index < -0.39 is 0 Å². The van der Waals surface area contributed by atoms with E-state index in [1.54, 1.807) is 0 Å². The fourth-order valence-corrected chi connectivity index (χ4v) is 1.91. The number of amides is 1. The Hall–Kier alpha value is -0.860. The van der Waals surface area contributed by atoms with Crippen molar-refractivity contribution in [3.8, 4) is 0 Å². The van der Waals surface area contributed by atoms with E-state index in [2.05, 4.69) is 10.3 Å². The molecule has 12 heavy (non-hydrogen) atoms. The van der Waals surface area contributed by atoms with Gasteiger partial charge in [-0.25, -0.2) is 0 Å². The van der Waals surface area contributed by atoms with Crippen molar-refractivity contribution in [3.63, 3.8) is 0 Å². The SMILES string of the molecule is CC1N=C2CCCCC2NC1=O. The second kappa shape index (κ2) is 2.88. The maximum atomic E-state index is 11.2. The van der Waals surface area contributed by atoms with Gasteiger partial charge in [-0.05, 0) is 26.2 Å². The monoisotopic (exact) mass is 166 g/mol. The zero-order chi connectivity index (χ0) is 8.55. The van der Waals surface area contributed by atoms with Crippen molar-refractivity contribution < 1.29 is 4.79 Å². The van der Waals surface area contributed by atoms with E-state index in [4.69, 9.17) is 0 Å². The van der Waals surface area contributed by atoms with Crippen LogP contribution in [0.5, 0.6) is 0 Å². The molecule has 2 rings (SSSR count). The summed E-state index contributed by atoms with van der Waals surface area (Å²) >= 11 is 0. The molecule has 2 unspecified atom stereocenters. The van der Waals surface area contributed by atoms with Crippen LogP contribution in [0.1, 0.15) is 32.6 Å². The van der Waals surface area contributed by atoms with E-state index in [1.807, 2.05) is 6.92 Å². The Kier molecular flexibility index (Phi) is 1.87. The molecule has 1 aliphatic heterocycles. The number of nitrogens with one attached hydrogen (secondary N) is 1. The van der Waals surface area contributed by atoms with Crippen molar-refractivity contribution in [3.05, 3.63) is 0 Å². The first-order valence-corrected chi connectivity index (χ1v) is 4.64. The number of nitrogens with zero attached hydrogens (tertiary/aromatic N) is 1. The van der Waals surface area contributed by atoms with Gasteiger partial charge in [-0.15, -0.1) is 0 Å². The molecule has 3 nitrogen and oxygen atoms in total. The Balaban J connectivity index is 2.19. The molecule has 1 heterocycles. The van der Waals surface area contributed by atoms with Crippen LogP contribution in [0.2, 0.25) is 0 Å². The minimum atomic E-state index is -0.158. The normalized spacial score (nSPS) is 35.1. The number of fused-ring (bicyclic) bond motifs is 1. The van der Waals surface area contributed by atoms with Crippen molar-refractivity contribution in [2.75, 3.05) is 0 Å². The largest absolute Gasteiger partial charge is 0.346 e. The Morgan fingerprint density at radius 3 is 3.17 bits per heavy atom. The smallest absolute Gasteiger partial charge is 0.245 e.